The molecule has 1 unspecified atom stereocenters. The highest BCUT2D eigenvalue weighted by Gasteiger charge is 2.30. The van der Waals surface area contributed by atoms with E-state index < -0.39 is 0 Å². The maximum Gasteiger partial charge on any atom is 0.257 e. The molecule has 1 aromatic rings. The van der Waals surface area contributed by atoms with Gasteiger partial charge in [0.25, 0.3) is 5.91 Å². The van der Waals surface area contributed by atoms with Gasteiger partial charge < -0.3 is 15.0 Å². The van der Waals surface area contributed by atoms with E-state index >= 15 is 0 Å². The zero-order valence-corrected chi connectivity index (χ0v) is 13.7. The highest BCUT2D eigenvalue weighted by molar-refractivity contribution is 6.30. The third-order valence-corrected chi connectivity index (χ3v) is 5.12. The quantitative estimate of drug-likeness (QED) is 0.930. The first kappa shape index (κ1) is 15.6. The fourth-order valence-electron chi connectivity index (χ4n) is 3.63. The number of carbonyl (C=O) groups excluding carboxylic acids is 1. The molecule has 0 radical (unpaired) electrons. The molecule has 1 amide bonds. The molecule has 0 spiro atoms. The lowest BCUT2D eigenvalue weighted by atomic mass is 9.88. The molecule has 22 heavy (non-hydrogen) atoms. The molecule has 120 valence electrons. The van der Waals surface area contributed by atoms with Crippen molar-refractivity contribution in [2.45, 2.75) is 31.7 Å². The van der Waals surface area contributed by atoms with Crippen LogP contribution in [0.15, 0.2) is 18.2 Å². The largest absolute Gasteiger partial charge is 0.496 e. The minimum absolute atomic E-state index is 0.0475. The van der Waals surface area contributed by atoms with Gasteiger partial charge in [0.2, 0.25) is 0 Å². The van der Waals surface area contributed by atoms with Crippen molar-refractivity contribution in [1.29, 1.82) is 0 Å². The summed E-state index contributed by atoms with van der Waals surface area (Å²) in [7, 11) is 1.57. The van der Waals surface area contributed by atoms with Gasteiger partial charge in [-0.25, -0.2) is 0 Å². The molecule has 4 nitrogen and oxygen atoms in total. The molecule has 5 heteroatoms. The lowest BCUT2D eigenvalue weighted by Gasteiger charge is -2.35. The first-order valence-electron chi connectivity index (χ1n) is 8.05. The number of nitrogens with one attached hydrogen (secondary N) is 1. The Kier molecular flexibility index (Phi) is 4.89. The normalized spacial score (nSPS) is 22.8. The standard InChI is InChI=1S/C17H23ClN2O2/c1-22-16-11-13(18)4-5-14(16)17(21)20-9-6-12(7-10-20)15-3-2-8-19-15/h4-5,11-12,15,19H,2-3,6-10H2,1H3. The van der Waals surface area contributed by atoms with Gasteiger partial charge in [0.15, 0.2) is 0 Å². The van der Waals surface area contributed by atoms with Gasteiger partial charge in [-0.15, -0.1) is 0 Å². The lowest BCUT2D eigenvalue weighted by Crippen LogP contribution is -2.43. The van der Waals surface area contributed by atoms with E-state index in [1.807, 2.05) is 4.90 Å². The Balaban J connectivity index is 1.64. The molecule has 0 saturated carbocycles. The van der Waals surface area contributed by atoms with E-state index in [2.05, 4.69) is 5.32 Å². The zero-order chi connectivity index (χ0) is 15.5. The predicted octanol–water partition coefficient (Wildman–Crippen LogP) is 2.95. The van der Waals surface area contributed by atoms with Crippen LogP contribution in [0.2, 0.25) is 5.02 Å². The van der Waals surface area contributed by atoms with E-state index in [1.54, 1.807) is 25.3 Å². The van der Waals surface area contributed by atoms with Gasteiger partial charge in [-0.05, 0) is 56.3 Å². The Morgan fingerprint density at radius 3 is 2.73 bits per heavy atom. The molecule has 1 aromatic carbocycles. The third kappa shape index (κ3) is 3.23. The summed E-state index contributed by atoms with van der Waals surface area (Å²) in [6.45, 7) is 2.80. The van der Waals surface area contributed by atoms with Crippen LogP contribution < -0.4 is 10.1 Å². The second-order valence-corrected chi connectivity index (χ2v) is 6.61. The number of carbonyl (C=O) groups is 1. The van der Waals surface area contributed by atoms with Crippen LogP contribution in [0, 0.1) is 5.92 Å². The minimum atomic E-state index is 0.0475. The maximum atomic E-state index is 12.7. The number of hydrogen-bond acceptors (Lipinski definition) is 3. The summed E-state index contributed by atoms with van der Waals surface area (Å²) in [6.07, 6.45) is 4.73. The Morgan fingerprint density at radius 2 is 2.09 bits per heavy atom. The highest BCUT2D eigenvalue weighted by Crippen LogP contribution is 2.29. The smallest absolute Gasteiger partial charge is 0.257 e. The highest BCUT2D eigenvalue weighted by atomic mass is 35.5. The van der Waals surface area contributed by atoms with Gasteiger partial charge in [-0.2, -0.15) is 0 Å². The van der Waals surface area contributed by atoms with E-state index in [1.165, 1.54) is 12.8 Å². The first-order valence-corrected chi connectivity index (χ1v) is 8.43. The Hall–Kier alpha value is -1.26. The molecule has 2 aliphatic rings. The molecule has 3 rings (SSSR count). The molecule has 0 bridgehead atoms. The number of piperidine rings is 1. The number of hydrogen-bond donors (Lipinski definition) is 1. The van der Waals surface area contributed by atoms with Crippen molar-refractivity contribution in [2.75, 3.05) is 26.7 Å². The summed E-state index contributed by atoms with van der Waals surface area (Å²) in [6, 6.07) is 5.85. The fourth-order valence-corrected chi connectivity index (χ4v) is 3.79. The number of likely N-dealkylation sites (tertiary alicyclic amines) is 1. The van der Waals surface area contributed by atoms with Crippen LogP contribution in [-0.4, -0.2) is 43.6 Å². The van der Waals surface area contributed by atoms with Crippen LogP contribution in [0.3, 0.4) is 0 Å². The summed E-state index contributed by atoms with van der Waals surface area (Å²) >= 11 is 5.97. The molecule has 2 saturated heterocycles. The van der Waals surface area contributed by atoms with E-state index in [4.69, 9.17) is 16.3 Å². The molecule has 2 fully saturated rings. The molecule has 2 heterocycles. The van der Waals surface area contributed by atoms with Crippen LogP contribution in [0.5, 0.6) is 5.75 Å². The van der Waals surface area contributed by atoms with Crippen molar-refractivity contribution in [3.8, 4) is 5.75 Å². The number of rotatable bonds is 3. The van der Waals surface area contributed by atoms with E-state index in [0.717, 1.165) is 32.5 Å². The second kappa shape index (κ2) is 6.88. The summed E-state index contributed by atoms with van der Waals surface area (Å²) in [5.41, 5.74) is 0.601. The van der Waals surface area contributed by atoms with Crippen molar-refractivity contribution in [1.82, 2.24) is 10.2 Å². The average molecular weight is 323 g/mol. The number of amides is 1. The second-order valence-electron chi connectivity index (χ2n) is 6.18. The number of nitrogens with zero attached hydrogens (tertiary/aromatic N) is 1. The first-order chi connectivity index (χ1) is 10.7. The van der Waals surface area contributed by atoms with Crippen molar-refractivity contribution >= 4 is 17.5 Å². The van der Waals surface area contributed by atoms with Crippen LogP contribution in [0.1, 0.15) is 36.0 Å². The van der Waals surface area contributed by atoms with Crippen molar-refractivity contribution in [3.63, 3.8) is 0 Å². The molecule has 2 aliphatic heterocycles. The maximum absolute atomic E-state index is 12.7. The number of methoxy groups -OCH3 is 1. The van der Waals surface area contributed by atoms with Crippen LogP contribution in [0.4, 0.5) is 0 Å². The Morgan fingerprint density at radius 1 is 1.32 bits per heavy atom. The van der Waals surface area contributed by atoms with Crippen LogP contribution >= 0.6 is 11.6 Å². The third-order valence-electron chi connectivity index (χ3n) is 4.89. The Labute approximate surface area is 136 Å². The van der Waals surface area contributed by atoms with Gasteiger partial charge in [0.05, 0.1) is 12.7 Å². The average Bonchev–Trinajstić information content (AvgIpc) is 3.08. The van der Waals surface area contributed by atoms with Crippen LogP contribution in [0.25, 0.3) is 0 Å². The van der Waals surface area contributed by atoms with Gasteiger partial charge in [-0.3, -0.25) is 4.79 Å². The predicted molar refractivity (Wildman–Crippen MR) is 87.7 cm³/mol. The van der Waals surface area contributed by atoms with Gasteiger partial charge in [0, 0.05) is 24.2 Å². The van der Waals surface area contributed by atoms with Gasteiger partial charge in [0.1, 0.15) is 5.75 Å². The molecule has 1 atom stereocenters. The number of halogens is 1. The van der Waals surface area contributed by atoms with Crippen molar-refractivity contribution < 1.29 is 9.53 Å². The lowest BCUT2D eigenvalue weighted by molar-refractivity contribution is 0.0671. The molecular weight excluding hydrogens is 300 g/mol. The van der Waals surface area contributed by atoms with E-state index in [9.17, 15) is 4.79 Å². The van der Waals surface area contributed by atoms with Gasteiger partial charge >= 0.3 is 0 Å². The molecule has 1 N–H and O–H groups in total. The molecule has 0 aliphatic carbocycles. The zero-order valence-electron chi connectivity index (χ0n) is 13.0. The molecular formula is C17H23ClN2O2. The van der Waals surface area contributed by atoms with Crippen molar-refractivity contribution in [3.05, 3.63) is 28.8 Å². The fraction of sp³-hybridized carbons (Fsp3) is 0.588. The van der Waals surface area contributed by atoms with Crippen molar-refractivity contribution in [2.24, 2.45) is 5.92 Å². The Bertz CT molecular complexity index is 535. The van der Waals surface area contributed by atoms with E-state index in [0.29, 0.717) is 28.3 Å². The topological polar surface area (TPSA) is 41.6 Å². The monoisotopic (exact) mass is 322 g/mol. The van der Waals surface area contributed by atoms with Gasteiger partial charge in [-0.1, -0.05) is 11.6 Å². The minimum Gasteiger partial charge on any atom is -0.496 e. The molecule has 0 aromatic heterocycles. The SMILES string of the molecule is COc1cc(Cl)ccc1C(=O)N1CCC(C2CCCN2)CC1. The number of ether oxygens (including phenoxy) is 1. The van der Waals surface area contributed by atoms with E-state index in [-0.39, 0.29) is 5.91 Å². The summed E-state index contributed by atoms with van der Waals surface area (Å²) in [5.74, 6) is 1.31. The summed E-state index contributed by atoms with van der Waals surface area (Å²) in [5, 5.41) is 4.17. The van der Waals surface area contributed by atoms with Crippen LogP contribution in [-0.2, 0) is 0 Å². The number of benzene rings is 1. The summed E-state index contributed by atoms with van der Waals surface area (Å²) in [4.78, 5) is 14.6. The summed E-state index contributed by atoms with van der Waals surface area (Å²) < 4.78 is 5.30.